The van der Waals surface area contributed by atoms with E-state index in [9.17, 15) is 14.0 Å². The molecule has 0 aliphatic carbocycles. The van der Waals surface area contributed by atoms with Crippen molar-refractivity contribution < 1.29 is 18.7 Å². The number of rotatable bonds is 6. The summed E-state index contributed by atoms with van der Waals surface area (Å²) in [7, 11) is 0. The normalized spacial score (nSPS) is 18.8. The van der Waals surface area contributed by atoms with Gasteiger partial charge in [-0.15, -0.1) is 0 Å². The molecule has 7 nitrogen and oxygen atoms in total. The molecule has 32 heavy (non-hydrogen) atoms. The minimum absolute atomic E-state index is 0.113. The van der Waals surface area contributed by atoms with Gasteiger partial charge in [0, 0.05) is 45.0 Å². The Morgan fingerprint density at radius 1 is 0.906 bits per heavy atom. The number of hydrogen-bond acceptors (Lipinski definition) is 5. The van der Waals surface area contributed by atoms with Crippen LogP contribution in [0.2, 0.25) is 0 Å². The molecular weight excluding hydrogens is 411 g/mol. The summed E-state index contributed by atoms with van der Waals surface area (Å²) in [5.74, 6) is -0.352. The monoisotopic (exact) mass is 440 g/mol. The summed E-state index contributed by atoms with van der Waals surface area (Å²) in [6, 6.07) is 15.3. The SMILES string of the molecule is O=C(CN1CCN([C@@H](C(=O)N2CCOCC2)c2ccccc2)CC1)Nc1ccc(F)cc1. The molecule has 2 heterocycles. The summed E-state index contributed by atoms with van der Waals surface area (Å²) >= 11 is 0. The summed E-state index contributed by atoms with van der Waals surface area (Å²) in [5.41, 5.74) is 1.57. The number of nitrogens with one attached hydrogen (secondary N) is 1. The zero-order valence-corrected chi connectivity index (χ0v) is 18.1. The van der Waals surface area contributed by atoms with E-state index in [-0.39, 0.29) is 30.2 Å². The number of ether oxygens (including phenoxy) is 1. The van der Waals surface area contributed by atoms with Gasteiger partial charge in [-0.3, -0.25) is 19.4 Å². The first-order valence-electron chi connectivity index (χ1n) is 11.0. The van der Waals surface area contributed by atoms with E-state index < -0.39 is 0 Å². The zero-order chi connectivity index (χ0) is 22.3. The molecule has 8 heteroatoms. The maximum absolute atomic E-state index is 13.4. The molecule has 1 N–H and O–H groups in total. The third-order valence-electron chi connectivity index (χ3n) is 5.94. The first-order valence-corrected chi connectivity index (χ1v) is 11.0. The van der Waals surface area contributed by atoms with E-state index >= 15 is 0 Å². The number of piperazine rings is 1. The quantitative estimate of drug-likeness (QED) is 0.744. The maximum Gasteiger partial charge on any atom is 0.244 e. The number of anilines is 1. The molecule has 2 aromatic carbocycles. The van der Waals surface area contributed by atoms with Crippen molar-refractivity contribution in [1.29, 1.82) is 0 Å². The molecule has 0 radical (unpaired) electrons. The lowest BCUT2D eigenvalue weighted by Gasteiger charge is -2.40. The fraction of sp³-hybridized carbons (Fsp3) is 0.417. The van der Waals surface area contributed by atoms with Crippen LogP contribution >= 0.6 is 0 Å². The Balaban J connectivity index is 1.36. The van der Waals surface area contributed by atoms with Crippen LogP contribution in [0.25, 0.3) is 0 Å². The van der Waals surface area contributed by atoms with Gasteiger partial charge in [-0.05, 0) is 29.8 Å². The Bertz CT molecular complexity index is 895. The third kappa shape index (κ3) is 5.70. The number of benzene rings is 2. The van der Waals surface area contributed by atoms with Crippen LogP contribution in [0.5, 0.6) is 0 Å². The minimum Gasteiger partial charge on any atom is -0.378 e. The van der Waals surface area contributed by atoms with Crippen molar-refractivity contribution in [1.82, 2.24) is 14.7 Å². The third-order valence-corrected chi connectivity index (χ3v) is 5.94. The Kier molecular flexibility index (Phi) is 7.47. The standard InChI is InChI=1S/C24H29FN4O3/c25-20-6-8-21(9-7-20)26-22(30)18-27-10-12-28(13-11-27)23(19-4-2-1-3-5-19)24(31)29-14-16-32-17-15-29/h1-9,23H,10-18H2,(H,26,30)/t23-/m1/s1. The molecule has 1 atom stereocenters. The molecule has 2 fully saturated rings. The van der Waals surface area contributed by atoms with E-state index in [4.69, 9.17) is 4.74 Å². The summed E-state index contributed by atoms with van der Waals surface area (Å²) in [6.07, 6.45) is 0. The van der Waals surface area contributed by atoms with Crippen molar-refractivity contribution in [2.75, 3.05) is 64.3 Å². The van der Waals surface area contributed by atoms with E-state index in [1.54, 1.807) is 12.1 Å². The highest BCUT2D eigenvalue weighted by atomic mass is 19.1. The van der Waals surface area contributed by atoms with Gasteiger partial charge >= 0.3 is 0 Å². The molecule has 2 saturated heterocycles. The topological polar surface area (TPSA) is 65.1 Å². The van der Waals surface area contributed by atoms with Gasteiger partial charge in [0.2, 0.25) is 11.8 Å². The average molecular weight is 441 g/mol. The molecule has 0 saturated carbocycles. The molecule has 2 aromatic rings. The Morgan fingerprint density at radius 2 is 1.56 bits per heavy atom. The number of hydrogen-bond donors (Lipinski definition) is 1. The molecule has 2 aliphatic rings. The lowest BCUT2D eigenvalue weighted by atomic mass is 10.0. The zero-order valence-electron chi connectivity index (χ0n) is 18.1. The number of halogens is 1. The van der Waals surface area contributed by atoms with Crippen molar-refractivity contribution in [3.63, 3.8) is 0 Å². The van der Waals surface area contributed by atoms with Gasteiger partial charge in [-0.25, -0.2) is 4.39 Å². The first kappa shape index (κ1) is 22.4. The smallest absolute Gasteiger partial charge is 0.244 e. The predicted octanol–water partition coefficient (Wildman–Crippen LogP) is 1.98. The number of carbonyl (C=O) groups excluding carboxylic acids is 2. The van der Waals surface area contributed by atoms with E-state index in [2.05, 4.69) is 15.1 Å². The number of amides is 2. The van der Waals surface area contributed by atoms with Crippen LogP contribution in [0.4, 0.5) is 10.1 Å². The second-order valence-corrected chi connectivity index (χ2v) is 8.12. The molecule has 4 rings (SSSR count). The van der Waals surface area contributed by atoms with Crippen LogP contribution < -0.4 is 5.32 Å². The highest BCUT2D eigenvalue weighted by Gasteiger charge is 2.34. The molecular formula is C24H29FN4O3. The van der Waals surface area contributed by atoms with Gasteiger partial charge in [0.25, 0.3) is 0 Å². The predicted molar refractivity (Wildman–Crippen MR) is 120 cm³/mol. The summed E-state index contributed by atoms with van der Waals surface area (Å²) in [6.45, 7) is 5.41. The van der Waals surface area contributed by atoms with Gasteiger partial charge in [-0.2, -0.15) is 0 Å². The Labute approximate surface area is 187 Å². The lowest BCUT2D eigenvalue weighted by molar-refractivity contribution is -0.142. The largest absolute Gasteiger partial charge is 0.378 e. The molecule has 2 aliphatic heterocycles. The van der Waals surface area contributed by atoms with Crippen LogP contribution in [0.3, 0.4) is 0 Å². The maximum atomic E-state index is 13.4. The van der Waals surface area contributed by atoms with Crippen LogP contribution in [-0.4, -0.2) is 85.5 Å². The van der Waals surface area contributed by atoms with Crippen molar-refractivity contribution in [3.8, 4) is 0 Å². The van der Waals surface area contributed by atoms with Crippen molar-refractivity contribution >= 4 is 17.5 Å². The summed E-state index contributed by atoms with van der Waals surface area (Å²) in [4.78, 5) is 32.0. The highest BCUT2D eigenvalue weighted by molar-refractivity contribution is 5.92. The van der Waals surface area contributed by atoms with Gasteiger partial charge < -0.3 is 15.0 Å². The van der Waals surface area contributed by atoms with E-state index in [0.29, 0.717) is 58.2 Å². The molecule has 0 aromatic heterocycles. The average Bonchev–Trinajstić information content (AvgIpc) is 2.83. The summed E-state index contributed by atoms with van der Waals surface area (Å²) < 4.78 is 18.4. The van der Waals surface area contributed by atoms with Gasteiger partial charge in [0.15, 0.2) is 0 Å². The number of carbonyl (C=O) groups is 2. The van der Waals surface area contributed by atoms with E-state index in [1.807, 2.05) is 35.2 Å². The Morgan fingerprint density at radius 3 is 2.22 bits per heavy atom. The number of morpholine rings is 1. The van der Waals surface area contributed by atoms with Crippen molar-refractivity contribution in [2.24, 2.45) is 0 Å². The van der Waals surface area contributed by atoms with E-state index in [1.165, 1.54) is 12.1 Å². The molecule has 2 amide bonds. The van der Waals surface area contributed by atoms with Crippen LogP contribution in [0, 0.1) is 5.82 Å². The molecule has 0 spiro atoms. The van der Waals surface area contributed by atoms with Crippen LogP contribution in [-0.2, 0) is 14.3 Å². The molecule has 0 unspecified atom stereocenters. The second kappa shape index (κ2) is 10.7. The molecule has 170 valence electrons. The fourth-order valence-corrected chi connectivity index (χ4v) is 4.22. The number of nitrogens with zero attached hydrogens (tertiary/aromatic N) is 3. The lowest BCUT2D eigenvalue weighted by Crippen LogP contribution is -2.53. The fourth-order valence-electron chi connectivity index (χ4n) is 4.22. The Hall–Kier alpha value is -2.81. The highest BCUT2D eigenvalue weighted by Crippen LogP contribution is 2.25. The van der Waals surface area contributed by atoms with Crippen LogP contribution in [0.15, 0.2) is 54.6 Å². The van der Waals surface area contributed by atoms with Crippen molar-refractivity contribution in [2.45, 2.75) is 6.04 Å². The van der Waals surface area contributed by atoms with Gasteiger partial charge in [0.1, 0.15) is 11.9 Å². The first-order chi connectivity index (χ1) is 15.6. The minimum atomic E-state index is -0.335. The van der Waals surface area contributed by atoms with Gasteiger partial charge in [0.05, 0.1) is 19.8 Å². The van der Waals surface area contributed by atoms with Gasteiger partial charge in [-0.1, -0.05) is 30.3 Å². The second-order valence-electron chi connectivity index (χ2n) is 8.12. The molecule has 0 bridgehead atoms. The van der Waals surface area contributed by atoms with E-state index in [0.717, 1.165) is 5.56 Å². The van der Waals surface area contributed by atoms with Crippen molar-refractivity contribution in [3.05, 3.63) is 66.0 Å². The van der Waals surface area contributed by atoms with Crippen LogP contribution in [0.1, 0.15) is 11.6 Å². The summed E-state index contributed by atoms with van der Waals surface area (Å²) in [5, 5.41) is 2.80.